The molecule has 2 aromatic rings. The average Bonchev–Trinajstić information content (AvgIpc) is 2.46. The lowest BCUT2D eigenvalue weighted by atomic mass is 10.2. The number of sulfonamides is 1. The van der Waals surface area contributed by atoms with Crippen LogP contribution in [0, 0.1) is 17.1 Å². The van der Waals surface area contributed by atoms with Crippen LogP contribution < -0.4 is 4.72 Å². The van der Waals surface area contributed by atoms with Gasteiger partial charge in [-0.3, -0.25) is 0 Å². The van der Waals surface area contributed by atoms with Gasteiger partial charge in [-0.25, -0.2) is 17.5 Å². The molecule has 0 saturated heterocycles. The summed E-state index contributed by atoms with van der Waals surface area (Å²) in [5, 5.41) is 8.91. The highest BCUT2D eigenvalue weighted by Gasteiger charge is 2.17. The maximum Gasteiger partial charge on any atom is 0.242 e. The molecule has 4 nitrogen and oxygen atoms in total. The number of hydrogen-bond donors (Lipinski definition) is 1. The molecule has 0 fully saturated rings. The molecule has 0 bridgehead atoms. The molecule has 0 heterocycles. The Bertz CT molecular complexity index is 749. The Balaban J connectivity index is 2.20. The van der Waals surface area contributed by atoms with Crippen LogP contribution in [-0.2, 0) is 16.6 Å². The van der Waals surface area contributed by atoms with Crippen molar-refractivity contribution in [3.05, 3.63) is 65.5 Å². The molecule has 0 aliphatic rings. The van der Waals surface area contributed by atoms with Crippen molar-refractivity contribution in [2.75, 3.05) is 0 Å². The molecule has 20 heavy (non-hydrogen) atoms. The predicted octanol–water partition coefficient (Wildman–Crippen LogP) is 2.18. The Hall–Kier alpha value is -2.23. The summed E-state index contributed by atoms with van der Waals surface area (Å²) in [4.78, 5) is -0.0652. The summed E-state index contributed by atoms with van der Waals surface area (Å²) in [5.41, 5.74) is 0.712. The molecule has 6 heteroatoms. The maximum atomic E-state index is 12.7. The van der Waals surface area contributed by atoms with Crippen LogP contribution in [0.2, 0.25) is 0 Å². The first kappa shape index (κ1) is 14.2. The van der Waals surface area contributed by atoms with E-state index in [1.54, 1.807) is 12.1 Å². The van der Waals surface area contributed by atoms with Crippen molar-refractivity contribution in [1.82, 2.24) is 4.72 Å². The third kappa shape index (κ3) is 3.20. The minimum atomic E-state index is -3.78. The molecule has 2 rings (SSSR count). The van der Waals surface area contributed by atoms with Crippen molar-refractivity contribution >= 4 is 10.0 Å². The second-order valence-corrected chi connectivity index (χ2v) is 5.79. The molecule has 0 spiro atoms. The lowest BCUT2D eigenvalue weighted by Gasteiger charge is -2.08. The van der Waals surface area contributed by atoms with Crippen molar-refractivity contribution < 1.29 is 12.8 Å². The van der Waals surface area contributed by atoms with E-state index in [1.165, 1.54) is 36.4 Å². The van der Waals surface area contributed by atoms with Gasteiger partial charge in [-0.05, 0) is 29.8 Å². The molecular formula is C14H11FN2O2S. The number of nitrogens with one attached hydrogen (secondary N) is 1. The summed E-state index contributed by atoms with van der Waals surface area (Å²) >= 11 is 0. The van der Waals surface area contributed by atoms with Gasteiger partial charge in [0.1, 0.15) is 11.9 Å². The van der Waals surface area contributed by atoms with Crippen molar-refractivity contribution in [3.63, 3.8) is 0 Å². The standard InChI is InChI=1S/C14H11FN2O2S/c15-13-7-5-11(6-8-13)10-17-20(18,19)14-4-2-1-3-12(14)9-16/h1-8,17H,10H2. The number of nitriles is 1. The molecule has 0 amide bonds. The van der Waals surface area contributed by atoms with Crippen LogP contribution in [-0.4, -0.2) is 8.42 Å². The normalized spacial score (nSPS) is 11.0. The van der Waals surface area contributed by atoms with Gasteiger partial charge in [-0.1, -0.05) is 24.3 Å². The monoisotopic (exact) mass is 290 g/mol. The molecule has 0 unspecified atom stereocenters. The number of benzene rings is 2. The minimum Gasteiger partial charge on any atom is -0.207 e. The third-order valence-corrected chi connectivity index (χ3v) is 4.14. The van der Waals surface area contributed by atoms with Gasteiger partial charge in [0.15, 0.2) is 0 Å². The zero-order valence-electron chi connectivity index (χ0n) is 10.4. The van der Waals surface area contributed by atoms with E-state index in [0.29, 0.717) is 5.56 Å². The third-order valence-electron chi connectivity index (χ3n) is 2.68. The highest BCUT2D eigenvalue weighted by molar-refractivity contribution is 7.89. The summed E-state index contributed by atoms with van der Waals surface area (Å²) < 4.78 is 39.4. The number of hydrogen-bond acceptors (Lipinski definition) is 3. The molecule has 0 aliphatic heterocycles. The lowest BCUT2D eigenvalue weighted by molar-refractivity contribution is 0.581. The summed E-state index contributed by atoms with van der Waals surface area (Å²) in [6.45, 7) is 0.0301. The van der Waals surface area contributed by atoms with Gasteiger partial charge in [0.2, 0.25) is 10.0 Å². The van der Waals surface area contributed by atoms with Gasteiger partial charge >= 0.3 is 0 Å². The molecule has 2 aromatic carbocycles. The zero-order chi connectivity index (χ0) is 14.6. The topological polar surface area (TPSA) is 70.0 Å². The van der Waals surface area contributed by atoms with E-state index in [2.05, 4.69) is 4.72 Å². The molecule has 0 radical (unpaired) electrons. The first-order chi connectivity index (χ1) is 9.53. The Labute approximate surface area is 116 Å². The zero-order valence-corrected chi connectivity index (χ0v) is 11.2. The van der Waals surface area contributed by atoms with Crippen LogP contribution in [0.4, 0.5) is 4.39 Å². The molecule has 0 aliphatic carbocycles. The van der Waals surface area contributed by atoms with E-state index in [0.717, 1.165) is 0 Å². The van der Waals surface area contributed by atoms with Gasteiger partial charge < -0.3 is 0 Å². The van der Waals surface area contributed by atoms with Crippen LogP contribution in [0.3, 0.4) is 0 Å². The summed E-state index contributed by atoms with van der Waals surface area (Å²) in [7, 11) is -3.78. The fraction of sp³-hybridized carbons (Fsp3) is 0.0714. The molecule has 0 saturated carbocycles. The fourth-order valence-corrected chi connectivity index (χ4v) is 2.82. The van der Waals surface area contributed by atoms with E-state index >= 15 is 0 Å². The van der Waals surface area contributed by atoms with Gasteiger partial charge in [0, 0.05) is 6.54 Å². The molecular weight excluding hydrogens is 279 g/mol. The van der Waals surface area contributed by atoms with Gasteiger partial charge in [-0.15, -0.1) is 0 Å². The van der Waals surface area contributed by atoms with Gasteiger partial charge in [-0.2, -0.15) is 5.26 Å². The highest BCUT2D eigenvalue weighted by Crippen LogP contribution is 2.14. The van der Waals surface area contributed by atoms with Gasteiger partial charge in [0.25, 0.3) is 0 Å². The Morgan fingerprint density at radius 1 is 1.10 bits per heavy atom. The van der Waals surface area contributed by atoms with Crippen molar-refractivity contribution in [1.29, 1.82) is 5.26 Å². The van der Waals surface area contributed by atoms with Crippen molar-refractivity contribution in [2.24, 2.45) is 0 Å². The predicted molar refractivity (Wildman–Crippen MR) is 71.6 cm³/mol. The summed E-state index contributed by atoms with van der Waals surface area (Å²) in [6, 6.07) is 13.3. The van der Waals surface area contributed by atoms with Crippen LogP contribution in [0.5, 0.6) is 0 Å². The fourth-order valence-electron chi connectivity index (χ4n) is 1.65. The van der Waals surface area contributed by atoms with Gasteiger partial charge in [0.05, 0.1) is 10.5 Å². The summed E-state index contributed by atoms with van der Waals surface area (Å²) in [6.07, 6.45) is 0. The Morgan fingerprint density at radius 3 is 2.40 bits per heavy atom. The maximum absolute atomic E-state index is 12.7. The quantitative estimate of drug-likeness (QED) is 0.938. The first-order valence-corrected chi connectivity index (χ1v) is 7.24. The second-order valence-electron chi connectivity index (χ2n) is 4.06. The number of nitrogens with zero attached hydrogens (tertiary/aromatic N) is 1. The van der Waals surface area contributed by atoms with E-state index in [9.17, 15) is 12.8 Å². The van der Waals surface area contributed by atoms with Crippen LogP contribution in [0.1, 0.15) is 11.1 Å². The van der Waals surface area contributed by atoms with E-state index in [-0.39, 0.29) is 22.8 Å². The second kappa shape index (κ2) is 5.82. The first-order valence-electron chi connectivity index (χ1n) is 5.76. The SMILES string of the molecule is N#Cc1ccccc1S(=O)(=O)NCc1ccc(F)cc1. The molecule has 0 aromatic heterocycles. The molecule has 0 atom stereocenters. The Morgan fingerprint density at radius 2 is 1.75 bits per heavy atom. The smallest absolute Gasteiger partial charge is 0.207 e. The molecule has 102 valence electrons. The lowest BCUT2D eigenvalue weighted by Crippen LogP contribution is -2.24. The largest absolute Gasteiger partial charge is 0.242 e. The van der Waals surface area contributed by atoms with E-state index in [1.807, 2.05) is 6.07 Å². The number of halogens is 1. The van der Waals surface area contributed by atoms with E-state index in [4.69, 9.17) is 5.26 Å². The minimum absolute atomic E-state index is 0.0301. The van der Waals surface area contributed by atoms with Crippen molar-refractivity contribution in [3.8, 4) is 6.07 Å². The average molecular weight is 290 g/mol. The van der Waals surface area contributed by atoms with Crippen LogP contribution in [0.15, 0.2) is 53.4 Å². The Kier molecular flexibility index (Phi) is 4.13. The van der Waals surface area contributed by atoms with Crippen molar-refractivity contribution in [2.45, 2.75) is 11.4 Å². The summed E-state index contributed by atoms with van der Waals surface area (Å²) in [5.74, 6) is -0.383. The van der Waals surface area contributed by atoms with Crippen LogP contribution in [0.25, 0.3) is 0 Å². The molecule has 1 N–H and O–H groups in total. The van der Waals surface area contributed by atoms with Crippen LogP contribution >= 0.6 is 0 Å². The highest BCUT2D eigenvalue weighted by atomic mass is 32.2. The number of rotatable bonds is 4. The van der Waals surface area contributed by atoms with E-state index < -0.39 is 10.0 Å².